The monoisotopic (exact) mass is 325 g/mol. The number of nitrogens with zero attached hydrogens (tertiary/aromatic N) is 1. The topological polar surface area (TPSA) is 55.8 Å². The fraction of sp³-hybridized carbons (Fsp3) is 0.111. The van der Waals surface area contributed by atoms with Crippen LogP contribution in [0.2, 0.25) is 0 Å². The third kappa shape index (κ3) is 2.32. The summed E-state index contributed by atoms with van der Waals surface area (Å²) in [5, 5.41) is 0. The maximum atomic E-state index is 13.8. The molecule has 2 aliphatic rings. The highest BCUT2D eigenvalue weighted by Gasteiger charge is 2.35. The zero-order chi connectivity index (χ0) is 16.7. The molecule has 0 saturated carbocycles. The average Bonchev–Trinajstić information content (AvgIpc) is 3.14. The van der Waals surface area contributed by atoms with Gasteiger partial charge in [-0.2, -0.15) is 0 Å². The fourth-order valence-corrected chi connectivity index (χ4v) is 2.75. The Kier molecular flexibility index (Phi) is 3.30. The molecule has 0 aromatic heterocycles. The number of benzene rings is 2. The molecule has 2 aromatic rings. The largest absolute Gasteiger partial charge is 0.454 e. The van der Waals surface area contributed by atoms with Crippen molar-refractivity contribution in [1.82, 2.24) is 0 Å². The first-order valence-electron chi connectivity index (χ1n) is 7.35. The smallest absolute Gasteiger partial charge is 0.261 e. The number of amides is 2. The minimum absolute atomic E-state index is 0.0678. The molecule has 6 heteroatoms. The SMILES string of the molecule is O=C1C/C(=C\c2ccccc2F)C(=O)N1c1ccc2c(c1)OCO2. The zero-order valence-corrected chi connectivity index (χ0v) is 12.5. The van der Waals surface area contributed by atoms with Gasteiger partial charge in [-0.25, -0.2) is 9.29 Å². The van der Waals surface area contributed by atoms with Gasteiger partial charge < -0.3 is 9.47 Å². The van der Waals surface area contributed by atoms with Gasteiger partial charge in [0, 0.05) is 17.2 Å². The van der Waals surface area contributed by atoms with Gasteiger partial charge in [-0.05, 0) is 24.3 Å². The summed E-state index contributed by atoms with van der Waals surface area (Å²) in [6.07, 6.45) is 1.35. The number of anilines is 1. The van der Waals surface area contributed by atoms with Gasteiger partial charge in [0.15, 0.2) is 11.5 Å². The quantitative estimate of drug-likeness (QED) is 0.629. The van der Waals surface area contributed by atoms with E-state index in [2.05, 4.69) is 0 Å². The lowest BCUT2D eigenvalue weighted by atomic mass is 10.1. The van der Waals surface area contributed by atoms with Gasteiger partial charge in [0.05, 0.1) is 12.1 Å². The van der Waals surface area contributed by atoms with E-state index in [9.17, 15) is 14.0 Å². The molecule has 2 aliphatic heterocycles. The fourth-order valence-electron chi connectivity index (χ4n) is 2.75. The molecule has 0 aliphatic carbocycles. The Balaban J connectivity index is 1.68. The Morgan fingerprint density at radius 1 is 1.04 bits per heavy atom. The summed E-state index contributed by atoms with van der Waals surface area (Å²) in [6, 6.07) is 11.0. The molecule has 4 rings (SSSR count). The molecule has 0 radical (unpaired) electrons. The van der Waals surface area contributed by atoms with Gasteiger partial charge in [0.25, 0.3) is 5.91 Å². The average molecular weight is 325 g/mol. The molecule has 2 heterocycles. The highest BCUT2D eigenvalue weighted by atomic mass is 19.1. The number of ether oxygens (including phenoxy) is 2. The molecule has 0 unspecified atom stereocenters. The van der Waals surface area contributed by atoms with Crippen molar-refractivity contribution in [3.63, 3.8) is 0 Å². The van der Waals surface area contributed by atoms with Crippen LogP contribution < -0.4 is 14.4 Å². The van der Waals surface area contributed by atoms with E-state index < -0.39 is 11.7 Å². The molecule has 0 spiro atoms. The van der Waals surface area contributed by atoms with E-state index >= 15 is 0 Å². The van der Waals surface area contributed by atoms with Crippen LogP contribution in [0.15, 0.2) is 48.0 Å². The van der Waals surface area contributed by atoms with Crippen LogP contribution in [0.25, 0.3) is 6.08 Å². The van der Waals surface area contributed by atoms with Crippen molar-refractivity contribution in [3.8, 4) is 11.5 Å². The number of fused-ring (bicyclic) bond motifs is 1. The Hall–Kier alpha value is -3.15. The summed E-state index contributed by atoms with van der Waals surface area (Å²) in [5.74, 6) is -0.199. The summed E-state index contributed by atoms with van der Waals surface area (Å²) in [4.78, 5) is 25.9. The standard InChI is InChI=1S/C18H12FNO4/c19-14-4-2-1-3-11(14)7-12-8-17(21)20(18(12)22)13-5-6-15-16(9-13)24-10-23-15/h1-7,9H,8,10H2/b12-7+. The molecule has 24 heavy (non-hydrogen) atoms. The van der Waals surface area contributed by atoms with Gasteiger partial charge in [0.1, 0.15) is 5.82 Å². The van der Waals surface area contributed by atoms with Crippen LogP contribution in [-0.2, 0) is 9.59 Å². The van der Waals surface area contributed by atoms with E-state index in [0.717, 1.165) is 4.90 Å². The Morgan fingerprint density at radius 2 is 1.83 bits per heavy atom. The van der Waals surface area contributed by atoms with Gasteiger partial charge in [-0.15, -0.1) is 0 Å². The number of hydrogen-bond acceptors (Lipinski definition) is 4. The molecule has 0 atom stereocenters. The normalized spacial score (nSPS) is 17.9. The molecule has 1 fully saturated rings. The second kappa shape index (κ2) is 5.49. The third-order valence-electron chi connectivity index (χ3n) is 3.92. The number of rotatable bonds is 2. The van der Waals surface area contributed by atoms with Crippen LogP contribution in [0.5, 0.6) is 11.5 Å². The predicted octanol–water partition coefficient (Wildman–Crippen LogP) is 2.90. The van der Waals surface area contributed by atoms with Gasteiger partial charge in [-0.1, -0.05) is 18.2 Å². The van der Waals surface area contributed by atoms with E-state index in [-0.39, 0.29) is 30.3 Å². The Morgan fingerprint density at radius 3 is 2.67 bits per heavy atom. The molecule has 0 bridgehead atoms. The number of carbonyl (C=O) groups is 2. The lowest BCUT2D eigenvalue weighted by molar-refractivity contribution is -0.120. The summed E-state index contributed by atoms with van der Waals surface area (Å²) in [5.41, 5.74) is 0.940. The third-order valence-corrected chi connectivity index (χ3v) is 3.92. The van der Waals surface area contributed by atoms with Crippen LogP contribution in [0, 0.1) is 5.82 Å². The van der Waals surface area contributed by atoms with Crippen molar-refractivity contribution >= 4 is 23.6 Å². The molecule has 1 saturated heterocycles. The van der Waals surface area contributed by atoms with Crippen LogP contribution in [-0.4, -0.2) is 18.6 Å². The highest BCUT2D eigenvalue weighted by Crippen LogP contribution is 2.37. The Labute approximate surface area is 136 Å². The van der Waals surface area contributed by atoms with E-state index in [1.165, 1.54) is 12.1 Å². The first-order valence-corrected chi connectivity index (χ1v) is 7.35. The summed E-state index contributed by atoms with van der Waals surface area (Å²) >= 11 is 0. The first-order chi connectivity index (χ1) is 11.6. The van der Waals surface area contributed by atoms with E-state index in [1.54, 1.807) is 36.4 Å². The minimum Gasteiger partial charge on any atom is -0.454 e. The van der Waals surface area contributed by atoms with Crippen LogP contribution >= 0.6 is 0 Å². The molecule has 2 amide bonds. The number of hydrogen-bond donors (Lipinski definition) is 0. The Bertz CT molecular complexity index is 890. The molecule has 2 aromatic carbocycles. The van der Waals surface area contributed by atoms with Gasteiger partial charge in [0.2, 0.25) is 12.7 Å². The van der Waals surface area contributed by atoms with Crippen LogP contribution in [0.4, 0.5) is 10.1 Å². The van der Waals surface area contributed by atoms with Crippen LogP contribution in [0.3, 0.4) is 0 Å². The molecular weight excluding hydrogens is 313 g/mol. The van der Waals surface area contributed by atoms with E-state index in [4.69, 9.17) is 9.47 Å². The number of halogens is 1. The second-order valence-corrected chi connectivity index (χ2v) is 5.44. The molecule has 0 N–H and O–H groups in total. The van der Waals surface area contributed by atoms with E-state index in [1.807, 2.05) is 0 Å². The van der Waals surface area contributed by atoms with Gasteiger partial charge in [-0.3, -0.25) is 9.59 Å². The van der Waals surface area contributed by atoms with Gasteiger partial charge >= 0.3 is 0 Å². The summed E-state index contributed by atoms with van der Waals surface area (Å²) in [6.45, 7) is 0.110. The first kappa shape index (κ1) is 14.4. The molecular formula is C18H12FNO4. The minimum atomic E-state index is -0.456. The summed E-state index contributed by atoms with van der Waals surface area (Å²) < 4.78 is 24.2. The lowest BCUT2D eigenvalue weighted by Crippen LogP contribution is -2.28. The summed E-state index contributed by atoms with van der Waals surface area (Å²) in [7, 11) is 0. The van der Waals surface area contributed by atoms with Crippen molar-refractivity contribution in [3.05, 3.63) is 59.4 Å². The lowest BCUT2D eigenvalue weighted by Gasteiger charge is -2.13. The predicted molar refractivity (Wildman–Crippen MR) is 84.1 cm³/mol. The van der Waals surface area contributed by atoms with Crippen molar-refractivity contribution in [2.24, 2.45) is 0 Å². The van der Waals surface area contributed by atoms with Crippen LogP contribution in [0.1, 0.15) is 12.0 Å². The second-order valence-electron chi connectivity index (χ2n) is 5.44. The highest BCUT2D eigenvalue weighted by molar-refractivity contribution is 6.29. The maximum absolute atomic E-state index is 13.8. The number of carbonyl (C=O) groups excluding carboxylic acids is 2. The van der Waals surface area contributed by atoms with Crippen molar-refractivity contribution in [2.75, 3.05) is 11.7 Å². The van der Waals surface area contributed by atoms with Crippen molar-refractivity contribution < 1.29 is 23.5 Å². The van der Waals surface area contributed by atoms with Crippen molar-refractivity contribution in [2.45, 2.75) is 6.42 Å². The van der Waals surface area contributed by atoms with Crippen molar-refractivity contribution in [1.29, 1.82) is 0 Å². The molecule has 5 nitrogen and oxygen atoms in total. The number of imide groups is 1. The zero-order valence-electron chi connectivity index (χ0n) is 12.5. The van der Waals surface area contributed by atoms with E-state index in [0.29, 0.717) is 17.2 Å². The molecule has 120 valence electrons. The maximum Gasteiger partial charge on any atom is 0.261 e.